The van der Waals surface area contributed by atoms with Gasteiger partial charge in [-0.3, -0.25) is 4.79 Å². The molecule has 2 atom stereocenters. The van der Waals surface area contributed by atoms with E-state index >= 15 is 0 Å². The van der Waals surface area contributed by atoms with E-state index in [4.69, 9.17) is 0 Å². The van der Waals surface area contributed by atoms with Crippen LogP contribution in [0, 0.1) is 0 Å². The normalized spacial score (nSPS) is 22.8. The van der Waals surface area contributed by atoms with Crippen molar-refractivity contribution in [3.63, 3.8) is 0 Å². The maximum absolute atomic E-state index is 11.9. The number of carbonyl (C=O) groups is 1. The molecule has 1 fully saturated rings. The summed E-state index contributed by atoms with van der Waals surface area (Å²) in [5.41, 5.74) is 2.52. The van der Waals surface area contributed by atoms with E-state index in [-0.39, 0.29) is 17.4 Å². The highest BCUT2D eigenvalue weighted by Crippen LogP contribution is 2.22. The quantitative estimate of drug-likeness (QED) is 0.780. The van der Waals surface area contributed by atoms with Crippen molar-refractivity contribution < 1.29 is 9.90 Å². The number of aliphatic hydroxyl groups is 1. The van der Waals surface area contributed by atoms with Gasteiger partial charge in [0.05, 0.1) is 12.1 Å². The van der Waals surface area contributed by atoms with Crippen LogP contribution in [0.25, 0.3) is 0 Å². The van der Waals surface area contributed by atoms with Gasteiger partial charge in [-0.25, -0.2) is 0 Å². The standard InChI is InChI=1S/C16H24N2O2/c1-16(2,3)12-6-4-11(5-7-12)9-18-15(20)14-8-13(19)10-17-14/h4-7,13-14,17,19H,8-10H2,1-3H3,(H,18,20). The van der Waals surface area contributed by atoms with Gasteiger partial charge in [0.1, 0.15) is 0 Å². The van der Waals surface area contributed by atoms with Crippen molar-refractivity contribution in [2.24, 2.45) is 0 Å². The monoisotopic (exact) mass is 276 g/mol. The second-order valence-electron chi connectivity index (χ2n) is 6.52. The highest BCUT2D eigenvalue weighted by Gasteiger charge is 2.27. The molecule has 4 nitrogen and oxygen atoms in total. The van der Waals surface area contributed by atoms with Gasteiger partial charge in [0.25, 0.3) is 0 Å². The molecule has 0 radical (unpaired) electrons. The predicted octanol–water partition coefficient (Wildman–Crippen LogP) is 1.32. The zero-order valence-corrected chi connectivity index (χ0v) is 12.4. The van der Waals surface area contributed by atoms with Crippen molar-refractivity contribution in [3.05, 3.63) is 35.4 Å². The number of hydrogen-bond acceptors (Lipinski definition) is 3. The minimum absolute atomic E-state index is 0.0403. The van der Waals surface area contributed by atoms with Crippen molar-refractivity contribution in [3.8, 4) is 0 Å². The van der Waals surface area contributed by atoms with E-state index in [0.29, 0.717) is 19.5 Å². The van der Waals surface area contributed by atoms with Crippen LogP contribution < -0.4 is 10.6 Å². The van der Waals surface area contributed by atoms with Crippen LogP contribution in [-0.2, 0) is 16.8 Å². The predicted molar refractivity (Wildman–Crippen MR) is 79.4 cm³/mol. The molecule has 3 N–H and O–H groups in total. The molecule has 1 heterocycles. The number of amides is 1. The Hall–Kier alpha value is -1.39. The number of carbonyl (C=O) groups excluding carboxylic acids is 1. The Balaban J connectivity index is 1.86. The number of β-amino-alcohol motifs (C(OH)–C–C–N with tert-alkyl or cyclic N) is 1. The van der Waals surface area contributed by atoms with Crippen LogP contribution >= 0.6 is 0 Å². The molecule has 0 spiro atoms. The van der Waals surface area contributed by atoms with Crippen molar-refractivity contribution in [2.45, 2.75) is 51.3 Å². The van der Waals surface area contributed by atoms with E-state index in [1.54, 1.807) is 0 Å². The molecule has 1 saturated heterocycles. The molecule has 2 rings (SSSR count). The first-order chi connectivity index (χ1) is 9.36. The Morgan fingerprint density at radius 2 is 2.00 bits per heavy atom. The van der Waals surface area contributed by atoms with Crippen LogP contribution in [0.1, 0.15) is 38.3 Å². The van der Waals surface area contributed by atoms with Crippen molar-refractivity contribution in [1.29, 1.82) is 0 Å². The smallest absolute Gasteiger partial charge is 0.237 e. The summed E-state index contributed by atoms with van der Waals surface area (Å²) in [6.45, 7) is 7.57. The van der Waals surface area contributed by atoms with Crippen molar-refractivity contribution >= 4 is 5.91 Å². The molecule has 0 saturated carbocycles. The van der Waals surface area contributed by atoms with Crippen LogP contribution in [0.2, 0.25) is 0 Å². The number of hydrogen-bond donors (Lipinski definition) is 3. The maximum atomic E-state index is 11.9. The Labute approximate surface area is 120 Å². The summed E-state index contributed by atoms with van der Waals surface area (Å²) < 4.78 is 0. The molecule has 110 valence electrons. The molecule has 1 aromatic carbocycles. The summed E-state index contributed by atoms with van der Waals surface area (Å²) in [5, 5.41) is 15.3. The fourth-order valence-corrected chi connectivity index (χ4v) is 2.35. The Bertz CT molecular complexity index is 462. The van der Waals surface area contributed by atoms with Gasteiger partial charge < -0.3 is 15.7 Å². The lowest BCUT2D eigenvalue weighted by atomic mass is 9.87. The molecule has 1 aromatic rings. The van der Waals surface area contributed by atoms with Gasteiger partial charge in [0.2, 0.25) is 5.91 Å². The lowest BCUT2D eigenvalue weighted by molar-refractivity contribution is -0.123. The van der Waals surface area contributed by atoms with Crippen LogP contribution in [0.4, 0.5) is 0 Å². The first-order valence-corrected chi connectivity index (χ1v) is 7.15. The van der Waals surface area contributed by atoms with E-state index < -0.39 is 6.10 Å². The molecule has 4 heteroatoms. The Kier molecular flexibility index (Phi) is 4.45. The van der Waals surface area contributed by atoms with Crippen molar-refractivity contribution in [2.75, 3.05) is 6.54 Å². The fraction of sp³-hybridized carbons (Fsp3) is 0.562. The molecule has 2 unspecified atom stereocenters. The Morgan fingerprint density at radius 3 is 2.50 bits per heavy atom. The van der Waals surface area contributed by atoms with E-state index in [0.717, 1.165) is 5.56 Å². The zero-order valence-electron chi connectivity index (χ0n) is 12.4. The van der Waals surface area contributed by atoms with Crippen LogP contribution in [-0.4, -0.2) is 29.7 Å². The lowest BCUT2D eigenvalue weighted by Crippen LogP contribution is -2.40. The number of aliphatic hydroxyl groups excluding tert-OH is 1. The second-order valence-corrected chi connectivity index (χ2v) is 6.52. The van der Waals surface area contributed by atoms with Gasteiger partial charge >= 0.3 is 0 Å². The second kappa shape index (κ2) is 5.94. The molecule has 1 aliphatic rings. The number of rotatable bonds is 3. The average molecular weight is 276 g/mol. The fourth-order valence-electron chi connectivity index (χ4n) is 2.35. The molecular formula is C16H24N2O2. The molecule has 0 aromatic heterocycles. The van der Waals surface area contributed by atoms with Crippen LogP contribution in [0.3, 0.4) is 0 Å². The highest BCUT2D eigenvalue weighted by molar-refractivity contribution is 5.82. The summed E-state index contributed by atoms with van der Waals surface area (Å²) >= 11 is 0. The topological polar surface area (TPSA) is 61.4 Å². The van der Waals surface area contributed by atoms with Gasteiger partial charge in [0, 0.05) is 13.1 Å². The molecule has 1 amide bonds. The number of nitrogens with one attached hydrogen (secondary N) is 2. The maximum Gasteiger partial charge on any atom is 0.237 e. The zero-order chi connectivity index (χ0) is 14.8. The molecule has 0 bridgehead atoms. The third-order valence-electron chi connectivity index (χ3n) is 3.71. The minimum Gasteiger partial charge on any atom is -0.392 e. The summed E-state index contributed by atoms with van der Waals surface area (Å²) in [7, 11) is 0. The first-order valence-electron chi connectivity index (χ1n) is 7.15. The highest BCUT2D eigenvalue weighted by atomic mass is 16.3. The summed E-state index contributed by atoms with van der Waals surface area (Å²) in [6, 6.07) is 8.06. The minimum atomic E-state index is -0.406. The van der Waals surface area contributed by atoms with Gasteiger partial charge in [-0.15, -0.1) is 0 Å². The third-order valence-corrected chi connectivity index (χ3v) is 3.71. The van der Waals surface area contributed by atoms with E-state index in [2.05, 4.69) is 55.7 Å². The largest absolute Gasteiger partial charge is 0.392 e. The SMILES string of the molecule is CC(C)(C)c1ccc(CNC(=O)C2CC(O)CN2)cc1. The lowest BCUT2D eigenvalue weighted by Gasteiger charge is -2.19. The van der Waals surface area contributed by atoms with E-state index in [1.807, 2.05) is 0 Å². The van der Waals surface area contributed by atoms with E-state index in [9.17, 15) is 9.90 Å². The Morgan fingerprint density at radius 1 is 1.35 bits per heavy atom. The molecular weight excluding hydrogens is 252 g/mol. The summed E-state index contributed by atoms with van der Waals surface area (Å²) in [5.74, 6) is -0.0403. The van der Waals surface area contributed by atoms with Gasteiger partial charge in [0.15, 0.2) is 0 Å². The summed E-state index contributed by atoms with van der Waals surface area (Å²) in [4.78, 5) is 11.9. The number of benzene rings is 1. The average Bonchev–Trinajstić information content (AvgIpc) is 2.82. The van der Waals surface area contributed by atoms with Crippen LogP contribution in [0.5, 0.6) is 0 Å². The third kappa shape index (κ3) is 3.81. The molecule has 1 aliphatic heterocycles. The first kappa shape index (κ1) is 15.0. The van der Waals surface area contributed by atoms with Crippen LogP contribution in [0.15, 0.2) is 24.3 Å². The van der Waals surface area contributed by atoms with Gasteiger partial charge in [-0.05, 0) is 23.0 Å². The van der Waals surface area contributed by atoms with Gasteiger partial charge in [-0.1, -0.05) is 45.0 Å². The summed E-state index contributed by atoms with van der Waals surface area (Å²) in [6.07, 6.45) is 0.0891. The molecule has 0 aliphatic carbocycles. The molecule has 20 heavy (non-hydrogen) atoms. The van der Waals surface area contributed by atoms with Gasteiger partial charge in [-0.2, -0.15) is 0 Å². The van der Waals surface area contributed by atoms with Crippen molar-refractivity contribution in [1.82, 2.24) is 10.6 Å². The van der Waals surface area contributed by atoms with E-state index in [1.165, 1.54) is 5.56 Å².